The second-order valence-electron chi connectivity index (χ2n) is 9.24. The number of fused-ring (bicyclic) bond motifs is 2. The molecule has 38 heavy (non-hydrogen) atoms. The Hall–Kier alpha value is -3.69. The molecule has 0 bridgehead atoms. The van der Waals surface area contributed by atoms with Crippen molar-refractivity contribution in [3.05, 3.63) is 87.4 Å². The van der Waals surface area contributed by atoms with E-state index in [1.165, 1.54) is 16.2 Å². The number of ether oxygens (including phenoxy) is 2. The number of aliphatic hydroxyl groups is 1. The number of benzene rings is 3. The summed E-state index contributed by atoms with van der Waals surface area (Å²) in [5.74, 6) is -0.252. The number of thiazole rings is 1. The van der Waals surface area contributed by atoms with E-state index in [1.807, 2.05) is 62.4 Å². The fourth-order valence-corrected chi connectivity index (χ4v) is 6.44. The van der Waals surface area contributed by atoms with Crippen LogP contribution in [0.25, 0.3) is 16.0 Å². The number of rotatable bonds is 5. The average Bonchev–Trinajstić information content (AvgIpc) is 3.56. The standard InChI is InChI=1S/C29H23BrN2O5S/c1-3-36-20-8-9-21-23(14-20)38-29(31-21)32-25(16-5-4-6-19(30)13-16)24(27(34)28(32)35)26(33)17-7-10-22-18(12-17)11-15(2)37-22/h4-10,12-15,25,33H,3,11H2,1-2H3/b26-24+/t15-,25+/m1/s1. The van der Waals surface area contributed by atoms with Gasteiger partial charge in [0.25, 0.3) is 5.78 Å². The number of anilines is 1. The van der Waals surface area contributed by atoms with Gasteiger partial charge in [0.1, 0.15) is 23.4 Å². The minimum Gasteiger partial charge on any atom is -0.507 e. The Morgan fingerprint density at radius 2 is 2.03 bits per heavy atom. The van der Waals surface area contributed by atoms with Gasteiger partial charge in [-0.25, -0.2) is 4.98 Å². The number of nitrogens with zero attached hydrogens (tertiary/aromatic N) is 2. The smallest absolute Gasteiger partial charge is 0.301 e. The van der Waals surface area contributed by atoms with Crippen molar-refractivity contribution in [1.82, 2.24) is 4.98 Å². The fraction of sp³-hybridized carbons (Fsp3) is 0.207. The summed E-state index contributed by atoms with van der Waals surface area (Å²) in [6.45, 7) is 4.42. The number of amides is 1. The molecule has 1 aromatic heterocycles. The van der Waals surface area contributed by atoms with Gasteiger partial charge in [0.05, 0.1) is 28.4 Å². The summed E-state index contributed by atoms with van der Waals surface area (Å²) in [6.07, 6.45) is 0.742. The molecule has 6 rings (SSSR count). The SMILES string of the molecule is CCOc1ccc2nc(N3C(=O)C(=O)/C(=C(/O)c4ccc5c(c4)C[C@@H](C)O5)[C@@H]3c3cccc(Br)c3)sc2c1. The predicted molar refractivity (Wildman–Crippen MR) is 150 cm³/mol. The van der Waals surface area contributed by atoms with Crippen molar-refractivity contribution >= 4 is 60.1 Å². The van der Waals surface area contributed by atoms with Crippen molar-refractivity contribution in [2.45, 2.75) is 32.4 Å². The second-order valence-corrected chi connectivity index (χ2v) is 11.2. The lowest BCUT2D eigenvalue weighted by atomic mass is 9.94. The van der Waals surface area contributed by atoms with Crippen LogP contribution in [-0.2, 0) is 16.0 Å². The first kappa shape index (κ1) is 24.6. The van der Waals surface area contributed by atoms with E-state index in [9.17, 15) is 14.7 Å². The van der Waals surface area contributed by atoms with Crippen LogP contribution in [0.4, 0.5) is 5.13 Å². The Balaban J connectivity index is 1.51. The maximum atomic E-state index is 13.5. The molecule has 3 heterocycles. The van der Waals surface area contributed by atoms with Crippen molar-refractivity contribution in [1.29, 1.82) is 0 Å². The monoisotopic (exact) mass is 590 g/mol. The maximum Gasteiger partial charge on any atom is 0.301 e. The zero-order chi connectivity index (χ0) is 26.6. The first-order valence-electron chi connectivity index (χ1n) is 12.2. The molecule has 7 nitrogen and oxygen atoms in total. The molecule has 2 aliphatic heterocycles. The molecule has 9 heteroatoms. The number of aliphatic hydroxyl groups excluding tert-OH is 1. The van der Waals surface area contributed by atoms with E-state index in [2.05, 4.69) is 20.9 Å². The molecule has 1 amide bonds. The molecule has 0 spiro atoms. The summed E-state index contributed by atoms with van der Waals surface area (Å²) in [6, 6.07) is 17.4. The van der Waals surface area contributed by atoms with E-state index >= 15 is 0 Å². The van der Waals surface area contributed by atoms with Crippen LogP contribution >= 0.6 is 27.3 Å². The molecular weight excluding hydrogens is 568 g/mol. The van der Waals surface area contributed by atoms with Crippen molar-refractivity contribution < 1.29 is 24.2 Å². The second kappa shape index (κ2) is 9.56. The van der Waals surface area contributed by atoms with Gasteiger partial charge in [-0.05, 0) is 73.5 Å². The number of carbonyl (C=O) groups is 2. The molecule has 0 saturated carbocycles. The van der Waals surface area contributed by atoms with E-state index in [1.54, 1.807) is 12.1 Å². The summed E-state index contributed by atoms with van der Waals surface area (Å²) in [7, 11) is 0. The quantitative estimate of drug-likeness (QED) is 0.164. The number of hydrogen-bond donors (Lipinski definition) is 1. The Labute approximate surface area is 231 Å². The molecule has 1 saturated heterocycles. The number of aromatic nitrogens is 1. The van der Waals surface area contributed by atoms with Crippen LogP contribution in [0.3, 0.4) is 0 Å². The minimum absolute atomic E-state index is 0.0225. The fourth-order valence-electron chi connectivity index (χ4n) is 5.00. The lowest BCUT2D eigenvalue weighted by molar-refractivity contribution is -0.132. The molecule has 2 aliphatic rings. The number of ketones is 1. The van der Waals surface area contributed by atoms with E-state index < -0.39 is 17.7 Å². The van der Waals surface area contributed by atoms with Crippen molar-refractivity contribution in [2.75, 3.05) is 11.5 Å². The average molecular weight is 591 g/mol. The van der Waals surface area contributed by atoms with Crippen molar-refractivity contribution in [2.24, 2.45) is 0 Å². The zero-order valence-corrected chi connectivity index (χ0v) is 23.0. The van der Waals surface area contributed by atoms with Gasteiger partial charge < -0.3 is 14.6 Å². The highest BCUT2D eigenvalue weighted by Crippen LogP contribution is 2.45. The first-order chi connectivity index (χ1) is 18.3. The Morgan fingerprint density at radius 3 is 2.82 bits per heavy atom. The highest BCUT2D eigenvalue weighted by molar-refractivity contribution is 9.10. The maximum absolute atomic E-state index is 13.5. The third-order valence-electron chi connectivity index (χ3n) is 6.64. The van der Waals surface area contributed by atoms with Crippen LogP contribution in [0, 0.1) is 0 Å². The van der Waals surface area contributed by atoms with E-state index in [-0.39, 0.29) is 17.4 Å². The normalized spacial score (nSPS) is 20.1. The van der Waals surface area contributed by atoms with Crippen molar-refractivity contribution in [3.8, 4) is 11.5 Å². The first-order valence-corrected chi connectivity index (χ1v) is 13.8. The molecular formula is C29H23BrN2O5S. The van der Waals surface area contributed by atoms with Gasteiger partial charge in [0.2, 0.25) is 0 Å². The third kappa shape index (κ3) is 4.16. The Kier molecular flexibility index (Phi) is 6.20. The third-order valence-corrected chi connectivity index (χ3v) is 8.15. The molecule has 1 N–H and O–H groups in total. The number of hydrogen-bond acceptors (Lipinski definition) is 7. The largest absolute Gasteiger partial charge is 0.507 e. The van der Waals surface area contributed by atoms with Crippen LogP contribution in [0.2, 0.25) is 0 Å². The summed E-state index contributed by atoms with van der Waals surface area (Å²) in [5, 5.41) is 11.9. The molecule has 192 valence electrons. The van der Waals surface area contributed by atoms with Crippen LogP contribution in [0.1, 0.15) is 36.6 Å². The molecule has 4 aromatic rings. The molecule has 0 radical (unpaired) electrons. The number of Topliss-reactive ketones (excluding diaryl/α,β-unsaturated/α-hetero) is 1. The van der Waals surface area contributed by atoms with Crippen LogP contribution in [-0.4, -0.2) is 34.5 Å². The Morgan fingerprint density at radius 1 is 1.18 bits per heavy atom. The summed E-state index contributed by atoms with van der Waals surface area (Å²) >= 11 is 4.80. The van der Waals surface area contributed by atoms with Gasteiger partial charge in [-0.3, -0.25) is 14.5 Å². The molecule has 0 unspecified atom stereocenters. The Bertz CT molecular complexity index is 1650. The molecule has 2 atom stereocenters. The predicted octanol–water partition coefficient (Wildman–Crippen LogP) is 6.41. The summed E-state index contributed by atoms with van der Waals surface area (Å²) in [4.78, 5) is 33.1. The lowest BCUT2D eigenvalue weighted by Crippen LogP contribution is -2.29. The van der Waals surface area contributed by atoms with Crippen LogP contribution in [0.5, 0.6) is 11.5 Å². The number of carbonyl (C=O) groups excluding carboxylic acids is 2. The van der Waals surface area contributed by atoms with Crippen molar-refractivity contribution in [3.63, 3.8) is 0 Å². The van der Waals surface area contributed by atoms with Gasteiger partial charge in [-0.2, -0.15) is 0 Å². The molecule has 1 fully saturated rings. The van der Waals surface area contributed by atoms with Gasteiger partial charge in [-0.15, -0.1) is 0 Å². The van der Waals surface area contributed by atoms with E-state index in [4.69, 9.17) is 9.47 Å². The van der Waals surface area contributed by atoms with E-state index in [0.29, 0.717) is 40.6 Å². The highest BCUT2D eigenvalue weighted by Gasteiger charge is 2.48. The summed E-state index contributed by atoms with van der Waals surface area (Å²) in [5.41, 5.74) is 2.80. The lowest BCUT2D eigenvalue weighted by Gasteiger charge is -2.23. The minimum atomic E-state index is -0.858. The summed E-state index contributed by atoms with van der Waals surface area (Å²) < 4.78 is 13.0. The highest BCUT2D eigenvalue weighted by atomic mass is 79.9. The van der Waals surface area contributed by atoms with Gasteiger partial charge in [0, 0.05) is 16.5 Å². The molecule has 3 aromatic carbocycles. The van der Waals surface area contributed by atoms with Crippen LogP contribution < -0.4 is 14.4 Å². The zero-order valence-electron chi connectivity index (χ0n) is 20.6. The van der Waals surface area contributed by atoms with Gasteiger partial charge in [0.15, 0.2) is 5.13 Å². The topological polar surface area (TPSA) is 89.0 Å². The van der Waals surface area contributed by atoms with Gasteiger partial charge in [-0.1, -0.05) is 39.4 Å². The van der Waals surface area contributed by atoms with E-state index in [0.717, 1.165) is 20.5 Å². The molecule has 0 aliphatic carbocycles. The van der Waals surface area contributed by atoms with Gasteiger partial charge >= 0.3 is 5.91 Å². The van der Waals surface area contributed by atoms with Crippen LogP contribution in [0.15, 0.2) is 70.7 Å². The number of halogens is 1.